The molecule has 10 N–H and O–H groups in total. The number of rotatable bonds is 16. The number of aryl methyl sites for hydroxylation is 2. The second-order valence-corrected chi connectivity index (χ2v) is 23.6. The zero-order valence-corrected chi connectivity index (χ0v) is 46.4. The van der Waals surface area contributed by atoms with E-state index >= 15 is 0 Å². The second-order valence-electron chi connectivity index (χ2n) is 23.6. The standard InChI is InChI=1S/C58H81N11O8/c1-32(60-9)49(70)66-47(57(3,4)5)55(76)68-30-39(28-45(68)53(74)64-43-23-15-19-34-17-11-13-21-41(34)43)62-51(72)36-25-37(27-38(59)26-36)52(73)63-40-29-46(54(75)65-44-24-16-20-35-18-12-14-22-42(35)44)69(31-40)56(77)48(58(6,7)8)67-50(71)33(2)61-10/h11-14,17-18,21-22,25-27,32-33,39-40,43-48,60-61H,15-16,19-20,23-24,28-31,59H2,1-10H3,(H,62,72)(H,63,73)(H,64,74)(H,65,75)(H,66,70)(H,67,71)/t32-,33-,39-,40-,43+,44+,45-,46?,47+,48+/m0/s1. The molecule has 8 amide bonds. The van der Waals surface area contributed by atoms with Crippen LogP contribution >= 0.6 is 0 Å². The van der Waals surface area contributed by atoms with Gasteiger partial charge in [-0.15, -0.1) is 0 Å². The van der Waals surface area contributed by atoms with Gasteiger partial charge in [-0.05, 0) is 131 Å². The molecule has 1 unspecified atom stereocenters. The molecular weight excluding hydrogens is 979 g/mol. The molecule has 0 spiro atoms. The number of nitrogens with zero attached hydrogens (tertiary/aromatic N) is 2. The number of amides is 8. The van der Waals surface area contributed by atoms with Crippen molar-refractivity contribution in [3.8, 4) is 0 Å². The Labute approximate surface area is 453 Å². The van der Waals surface area contributed by atoms with Crippen LogP contribution in [0.3, 0.4) is 0 Å². The van der Waals surface area contributed by atoms with Crippen molar-refractivity contribution >= 4 is 52.9 Å². The molecule has 4 aliphatic rings. The summed E-state index contributed by atoms with van der Waals surface area (Å²) >= 11 is 0. The first-order valence-corrected chi connectivity index (χ1v) is 27.2. The molecule has 2 aliphatic heterocycles. The molecule has 77 heavy (non-hydrogen) atoms. The maximum atomic E-state index is 14.7. The van der Waals surface area contributed by atoms with Crippen LogP contribution in [0.5, 0.6) is 0 Å². The van der Waals surface area contributed by atoms with E-state index in [1.54, 1.807) is 27.9 Å². The van der Waals surface area contributed by atoms with Crippen molar-refractivity contribution in [3.05, 3.63) is 100 Å². The lowest BCUT2D eigenvalue weighted by atomic mass is 9.85. The Morgan fingerprint density at radius 3 is 1.30 bits per heavy atom. The van der Waals surface area contributed by atoms with Crippen molar-refractivity contribution in [1.82, 2.24) is 52.3 Å². The fourth-order valence-electron chi connectivity index (χ4n) is 11.1. The Balaban J connectivity index is 1.10. The number of nitrogen functional groups attached to an aromatic ring is 1. The second kappa shape index (κ2) is 24.2. The van der Waals surface area contributed by atoms with Crippen LogP contribution in [0.15, 0.2) is 66.7 Å². The van der Waals surface area contributed by atoms with Crippen molar-refractivity contribution in [2.75, 3.05) is 32.9 Å². The quantitative estimate of drug-likeness (QED) is 0.0940. The summed E-state index contributed by atoms with van der Waals surface area (Å²) in [5, 5.41) is 24.0. The summed E-state index contributed by atoms with van der Waals surface area (Å²) in [6.07, 6.45) is 5.10. The minimum atomic E-state index is -1.02. The first kappa shape index (κ1) is 57.8. The van der Waals surface area contributed by atoms with Gasteiger partial charge in [0.15, 0.2) is 0 Å². The molecule has 0 saturated carbocycles. The van der Waals surface area contributed by atoms with E-state index in [0.717, 1.165) is 47.9 Å². The van der Waals surface area contributed by atoms with Gasteiger partial charge in [-0.1, -0.05) is 90.1 Å². The van der Waals surface area contributed by atoms with Crippen molar-refractivity contribution in [2.45, 2.75) is 167 Å². The Morgan fingerprint density at radius 1 is 0.558 bits per heavy atom. The number of hydrogen-bond acceptors (Lipinski definition) is 11. The number of likely N-dealkylation sites (tertiary alicyclic amines) is 2. The number of fused-ring (bicyclic) bond motifs is 2. The van der Waals surface area contributed by atoms with Gasteiger partial charge >= 0.3 is 0 Å². The normalized spacial score (nSPS) is 22.7. The highest BCUT2D eigenvalue weighted by atomic mass is 16.2. The molecule has 416 valence electrons. The van der Waals surface area contributed by atoms with Crippen molar-refractivity contribution in [3.63, 3.8) is 0 Å². The van der Waals surface area contributed by atoms with Crippen LogP contribution in [0.2, 0.25) is 0 Å². The monoisotopic (exact) mass is 1060 g/mol. The number of carbonyl (C=O) groups is 8. The van der Waals surface area contributed by atoms with Crippen molar-refractivity contribution in [1.29, 1.82) is 0 Å². The molecule has 2 fully saturated rings. The largest absolute Gasteiger partial charge is 0.399 e. The van der Waals surface area contributed by atoms with Gasteiger partial charge in [0.1, 0.15) is 24.2 Å². The van der Waals surface area contributed by atoms with E-state index < -0.39 is 82.8 Å². The number of anilines is 1. The van der Waals surface area contributed by atoms with E-state index in [9.17, 15) is 38.4 Å². The number of carbonyl (C=O) groups excluding carboxylic acids is 8. The molecule has 19 heteroatoms. The average Bonchev–Trinajstić information content (AvgIpc) is 4.06. The third-order valence-corrected chi connectivity index (χ3v) is 15.7. The van der Waals surface area contributed by atoms with E-state index in [0.29, 0.717) is 12.8 Å². The highest BCUT2D eigenvalue weighted by molar-refractivity contribution is 6.02. The number of nitrogens with one attached hydrogen (secondary N) is 8. The van der Waals surface area contributed by atoms with E-state index in [1.165, 1.54) is 28.0 Å². The lowest BCUT2D eigenvalue weighted by molar-refractivity contribution is -0.144. The molecule has 3 aromatic rings. The van der Waals surface area contributed by atoms with E-state index in [-0.39, 0.29) is 78.5 Å². The van der Waals surface area contributed by atoms with Crippen LogP contribution in [0.1, 0.15) is 149 Å². The van der Waals surface area contributed by atoms with Gasteiger partial charge in [0.2, 0.25) is 35.4 Å². The predicted molar refractivity (Wildman–Crippen MR) is 294 cm³/mol. The van der Waals surface area contributed by atoms with Gasteiger partial charge in [-0.3, -0.25) is 38.4 Å². The van der Waals surface area contributed by atoms with Crippen LogP contribution in [0.25, 0.3) is 0 Å². The molecule has 2 heterocycles. The molecule has 0 bridgehead atoms. The highest BCUT2D eigenvalue weighted by Crippen LogP contribution is 2.34. The molecule has 2 aliphatic carbocycles. The van der Waals surface area contributed by atoms with E-state index in [4.69, 9.17) is 5.73 Å². The third-order valence-electron chi connectivity index (χ3n) is 15.7. The molecule has 7 rings (SSSR count). The molecule has 19 nitrogen and oxygen atoms in total. The minimum Gasteiger partial charge on any atom is -0.399 e. The van der Waals surface area contributed by atoms with Crippen LogP contribution < -0.4 is 48.3 Å². The zero-order chi connectivity index (χ0) is 56.1. The Kier molecular flexibility index (Phi) is 18.2. The third kappa shape index (κ3) is 13.6. The summed E-state index contributed by atoms with van der Waals surface area (Å²) in [5.41, 5.74) is 9.42. The van der Waals surface area contributed by atoms with Crippen molar-refractivity contribution < 1.29 is 38.4 Å². The summed E-state index contributed by atoms with van der Waals surface area (Å²) in [7, 11) is 3.29. The summed E-state index contributed by atoms with van der Waals surface area (Å²) in [6, 6.07) is 13.0. The Morgan fingerprint density at radius 2 is 0.935 bits per heavy atom. The molecule has 3 aromatic carbocycles. The van der Waals surface area contributed by atoms with Crippen LogP contribution in [-0.4, -0.2) is 133 Å². The van der Waals surface area contributed by atoms with Crippen LogP contribution in [0.4, 0.5) is 5.69 Å². The predicted octanol–water partition coefficient (Wildman–Crippen LogP) is 3.33. The number of likely N-dealkylation sites (N-methyl/N-ethyl adjacent to an activating group) is 2. The smallest absolute Gasteiger partial charge is 0.251 e. The number of benzene rings is 3. The van der Waals surface area contributed by atoms with E-state index in [2.05, 4.69) is 54.7 Å². The zero-order valence-electron chi connectivity index (χ0n) is 46.4. The Bertz CT molecular complexity index is 2540. The highest BCUT2D eigenvalue weighted by Gasteiger charge is 2.48. The lowest BCUT2D eigenvalue weighted by Crippen LogP contribution is -2.59. The molecule has 0 radical (unpaired) electrons. The summed E-state index contributed by atoms with van der Waals surface area (Å²) < 4.78 is 0. The van der Waals surface area contributed by atoms with Gasteiger partial charge in [0, 0.05) is 42.0 Å². The fourth-order valence-corrected chi connectivity index (χ4v) is 11.1. The number of nitrogens with two attached hydrogens (primary N) is 1. The molecule has 2 saturated heterocycles. The summed E-state index contributed by atoms with van der Waals surface area (Å²) in [4.78, 5) is 116. The minimum absolute atomic E-state index is 0.0449. The van der Waals surface area contributed by atoms with Gasteiger partial charge < -0.3 is 58.1 Å². The average molecular weight is 1060 g/mol. The van der Waals surface area contributed by atoms with Crippen molar-refractivity contribution in [2.24, 2.45) is 10.8 Å². The molecule has 10 atom stereocenters. The Hall–Kier alpha value is -6.86. The summed E-state index contributed by atoms with van der Waals surface area (Å²) in [6.45, 7) is 14.3. The number of hydrogen-bond donors (Lipinski definition) is 9. The van der Waals surface area contributed by atoms with E-state index in [1.807, 2.05) is 77.9 Å². The molecule has 0 aromatic heterocycles. The first-order chi connectivity index (χ1) is 36.4. The van der Waals surface area contributed by atoms with Crippen LogP contribution in [-0.2, 0) is 41.6 Å². The van der Waals surface area contributed by atoms with Gasteiger partial charge in [-0.2, -0.15) is 0 Å². The first-order valence-electron chi connectivity index (χ1n) is 27.2. The maximum Gasteiger partial charge on any atom is 0.251 e. The fraction of sp³-hybridized carbons (Fsp3) is 0.552. The lowest BCUT2D eigenvalue weighted by Gasteiger charge is -2.36. The van der Waals surface area contributed by atoms with Crippen LogP contribution in [0, 0.1) is 10.8 Å². The molecular formula is C58H81N11O8. The SMILES string of the molecule is CN[C@@H](C)C(=O)N[C@H](C(=O)N1C[C@@H](NC(=O)c2cc(N)cc(C(=O)N[C@H]3C[C@@H](C(=O)N[C@@H]4CCCc5ccccc54)N(C(=O)[C@@H](NC(=O)[C@H](C)NC)C(C)(C)C)C3)c2)CC1C(=O)N[C@@H]1CCCc2ccccc21)C(C)(C)C. The van der Waals surface area contributed by atoms with Gasteiger partial charge in [0.05, 0.1) is 24.2 Å². The van der Waals surface area contributed by atoms with Gasteiger partial charge in [-0.25, -0.2) is 0 Å². The summed E-state index contributed by atoms with van der Waals surface area (Å²) in [5.74, 6) is -3.66. The van der Waals surface area contributed by atoms with Gasteiger partial charge in [0.25, 0.3) is 11.8 Å². The maximum absolute atomic E-state index is 14.7. The topological polar surface area (TPSA) is 265 Å².